The van der Waals surface area contributed by atoms with Gasteiger partial charge in [-0.1, -0.05) is 60.7 Å². The molecule has 0 spiro atoms. The molecule has 6 heteroatoms. The Morgan fingerprint density at radius 1 is 1.00 bits per heavy atom. The van der Waals surface area contributed by atoms with E-state index in [1.807, 2.05) is 60.7 Å². The first-order chi connectivity index (χ1) is 12.1. The van der Waals surface area contributed by atoms with Crippen LogP contribution in [0.2, 0.25) is 0 Å². The summed E-state index contributed by atoms with van der Waals surface area (Å²) in [5.74, 6) is -0.685. The van der Waals surface area contributed by atoms with E-state index in [0.717, 1.165) is 11.1 Å². The predicted octanol–water partition coefficient (Wildman–Crippen LogP) is 2.03. The fraction of sp³-hybridized carbons (Fsp3) is 0.263. The standard InChI is InChI=1S/C19H22N2O4/c1-24-14-19(17(20)22,12-15-8-4-2-5-9-15)21-18(23)25-13-16-10-6-3-7-11-16/h2-11H,12-14H2,1H3,(H2,20,22)(H,21,23). The minimum absolute atomic E-state index is 0.0579. The van der Waals surface area contributed by atoms with Gasteiger partial charge >= 0.3 is 6.09 Å². The van der Waals surface area contributed by atoms with Crippen LogP contribution in [0.25, 0.3) is 0 Å². The van der Waals surface area contributed by atoms with E-state index in [-0.39, 0.29) is 19.6 Å². The van der Waals surface area contributed by atoms with Gasteiger partial charge in [0.1, 0.15) is 12.1 Å². The van der Waals surface area contributed by atoms with Crippen molar-refractivity contribution < 1.29 is 19.1 Å². The lowest BCUT2D eigenvalue weighted by Crippen LogP contribution is -2.61. The number of nitrogens with two attached hydrogens (primary N) is 1. The van der Waals surface area contributed by atoms with Gasteiger partial charge in [0, 0.05) is 13.5 Å². The van der Waals surface area contributed by atoms with Crippen molar-refractivity contribution in [2.45, 2.75) is 18.6 Å². The van der Waals surface area contributed by atoms with E-state index in [4.69, 9.17) is 15.2 Å². The van der Waals surface area contributed by atoms with Crippen molar-refractivity contribution in [3.05, 3.63) is 71.8 Å². The van der Waals surface area contributed by atoms with Gasteiger partial charge in [-0.05, 0) is 11.1 Å². The van der Waals surface area contributed by atoms with Gasteiger partial charge in [-0.25, -0.2) is 4.79 Å². The molecule has 2 aromatic rings. The predicted molar refractivity (Wildman–Crippen MR) is 93.7 cm³/mol. The second kappa shape index (κ2) is 8.84. The van der Waals surface area contributed by atoms with Crippen LogP contribution in [0.3, 0.4) is 0 Å². The Kier molecular flexibility index (Phi) is 6.54. The van der Waals surface area contributed by atoms with Crippen molar-refractivity contribution in [1.82, 2.24) is 5.32 Å². The third kappa shape index (κ3) is 5.32. The lowest BCUT2D eigenvalue weighted by atomic mass is 9.91. The molecule has 0 heterocycles. The molecule has 0 aliphatic rings. The molecule has 0 aliphatic heterocycles. The number of primary amides is 1. The van der Waals surface area contributed by atoms with Crippen LogP contribution < -0.4 is 11.1 Å². The van der Waals surface area contributed by atoms with Gasteiger partial charge in [0.25, 0.3) is 0 Å². The highest BCUT2D eigenvalue weighted by atomic mass is 16.5. The van der Waals surface area contributed by atoms with E-state index in [1.54, 1.807) is 0 Å². The summed E-state index contributed by atoms with van der Waals surface area (Å²) in [4.78, 5) is 24.3. The van der Waals surface area contributed by atoms with Crippen molar-refractivity contribution in [3.8, 4) is 0 Å². The molecule has 1 unspecified atom stereocenters. The number of carbonyl (C=O) groups is 2. The molecule has 0 aromatic heterocycles. The maximum atomic E-state index is 12.2. The number of nitrogens with one attached hydrogen (secondary N) is 1. The topological polar surface area (TPSA) is 90.7 Å². The third-order valence-corrected chi connectivity index (χ3v) is 3.77. The maximum Gasteiger partial charge on any atom is 0.408 e. The molecule has 0 saturated carbocycles. The average Bonchev–Trinajstić information content (AvgIpc) is 2.62. The van der Waals surface area contributed by atoms with Crippen LogP contribution in [0.15, 0.2) is 60.7 Å². The zero-order valence-corrected chi connectivity index (χ0v) is 14.1. The number of hydrogen-bond donors (Lipinski definition) is 2. The molecular formula is C19H22N2O4. The van der Waals surface area contributed by atoms with Crippen LogP contribution in [0.1, 0.15) is 11.1 Å². The van der Waals surface area contributed by atoms with Gasteiger partial charge in [0.15, 0.2) is 0 Å². The summed E-state index contributed by atoms with van der Waals surface area (Å²) >= 11 is 0. The number of rotatable bonds is 8. The number of carbonyl (C=O) groups excluding carboxylic acids is 2. The van der Waals surface area contributed by atoms with Crippen LogP contribution in [0.5, 0.6) is 0 Å². The summed E-state index contributed by atoms with van der Waals surface area (Å²) in [5.41, 5.74) is 5.88. The molecule has 0 saturated heterocycles. The molecule has 0 radical (unpaired) electrons. The Hall–Kier alpha value is -2.86. The monoisotopic (exact) mass is 342 g/mol. The third-order valence-electron chi connectivity index (χ3n) is 3.77. The van der Waals surface area contributed by atoms with E-state index >= 15 is 0 Å². The van der Waals surface area contributed by atoms with E-state index in [2.05, 4.69) is 5.32 Å². The Morgan fingerprint density at radius 2 is 1.56 bits per heavy atom. The zero-order chi connectivity index (χ0) is 18.1. The Balaban J connectivity index is 2.09. The highest BCUT2D eigenvalue weighted by molar-refractivity contribution is 5.89. The molecule has 2 aromatic carbocycles. The lowest BCUT2D eigenvalue weighted by Gasteiger charge is -2.30. The quantitative estimate of drug-likeness (QED) is 0.768. The van der Waals surface area contributed by atoms with Crippen LogP contribution in [0, 0.1) is 0 Å². The fourth-order valence-corrected chi connectivity index (χ4v) is 2.50. The first-order valence-corrected chi connectivity index (χ1v) is 7.87. The van der Waals surface area contributed by atoms with Crippen molar-refractivity contribution in [1.29, 1.82) is 0 Å². The van der Waals surface area contributed by atoms with Gasteiger partial charge in [-0.2, -0.15) is 0 Å². The van der Waals surface area contributed by atoms with Crippen molar-refractivity contribution in [3.63, 3.8) is 0 Å². The zero-order valence-electron chi connectivity index (χ0n) is 14.1. The SMILES string of the molecule is COCC(Cc1ccccc1)(NC(=O)OCc1ccccc1)C(N)=O. The molecule has 0 fully saturated rings. The van der Waals surface area contributed by atoms with Gasteiger partial charge < -0.3 is 20.5 Å². The van der Waals surface area contributed by atoms with Crippen LogP contribution >= 0.6 is 0 Å². The van der Waals surface area contributed by atoms with E-state index in [1.165, 1.54) is 7.11 Å². The molecule has 0 bridgehead atoms. The van der Waals surface area contributed by atoms with Gasteiger partial charge in [-0.3, -0.25) is 4.79 Å². The summed E-state index contributed by atoms with van der Waals surface area (Å²) in [6.45, 7) is 0.0392. The Labute approximate surface area is 146 Å². The summed E-state index contributed by atoms with van der Waals surface area (Å²) in [6, 6.07) is 18.5. The maximum absolute atomic E-state index is 12.2. The largest absolute Gasteiger partial charge is 0.445 e. The Morgan fingerprint density at radius 3 is 2.08 bits per heavy atom. The minimum Gasteiger partial charge on any atom is -0.445 e. The molecular weight excluding hydrogens is 320 g/mol. The molecule has 2 amide bonds. The van der Waals surface area contributed by atoms with Crippen molar-refractivity contribution in [2.75, 3.05) is 13.7 Å². The van der Waals surface area contributed by atoms with E-state index in [0.29, 0.717) is 0 Å². The number of amides is 2. The fourth-order valence-electron chi connectivity index (χ4n) is 2.50. The number of ether oxygens (including phenoxy) is 2. The van der Waals surface area contributed by atoms with Crippen LogP contribution in [-0.4, -0.2) is 31.3 Å². The molecule has 1 atom stereocenters. The highest BCUT2D eigenvalue weighted by Gasteiger charge is 2.39. The highest BCUT2D eigenvalue weighted by Crippen LogP contribution is 2.15. The summed E-state index contributed by atoms with van der Waals surface area (Å²) in [6.07, 6.45) is -0.520. The summed E-state index contributed by atoms with van der Waals surface area (Å²) < 4.78 is 10.3. The first-order valence-electron chi connectivity index (χ1n) is 7.87. The lowest BCUT2D eigenvalue weighted by molar-refractivity contribution is -0.126. The molecule has 132 valence electrons. The second-order valence-electron chi connectivity index (χ2n) is 5.73. The Bertz CT molecular complexity index is 691. The van der Waals surface area contributed by atoms with Crippen LogP contribution in [0.4, 0.5) is 4.79 Å². The van der Waals surface area contributed by atoms with Gasteiger partial charge in [0.2, 0.25) is 5.91 Å². The second-order valence-corrected chi connectivity index (χ2v) is 5.73. The summed E-state index contributed by atoms with van der Waals surface area (Å²) in [7, 11) is 1.44. The number of hydrogen-bond acceptors (Lipinski definition) is 4. The number of benzene rings is 2. The van der Waals surface area contributed by atoms with Crippen molar-refractivity contribution >= 4 is 12.0 Å². The molecule has 25 heavy (non-hydrogen) atoms. The first kappa shape index (κ1) is 18.5. The molecule has 3 N–H and O–H groups in total. The minimum atomic E-state index is -1.39. The summed E-state index contributed by atoms with van der Waals surface area (Å²) in [5, 5.41) is 2.59. The van der Waals surface area contributed by atoms with Gasteiger partial charge in [-0.15, -0.1) is 0 Å². The van der Waals surface area contributed by atoms with Gasteiger partial charge in [0.05, 0.1) is 6.61 Å². The van der Waals surface area contributed by atoms with E-state index < -0.39 is 17.5 Å². The molecule has 2 rings (SSSR count). The van der Waals surface area contributed by atoms with E-state index in [9.17, 15) is 9.59 Å². The van der Waals surface area contributed by atoms with Crippen LogP contribution in [-0.2, 0) is 27.3 Å². The smallest absolute Gasteiger partial charge is 0.408 e. The number of methoxy groups -OCH3 is 1. The average molecular weight is 342 g/mol. The normalized spacial score (nSPS) is 12.8. The number of alkyl carbamates (subject to hydrolysis) is 1. The molecule has 6 nitrogen and oxygen atoms in total. The van der Waals surface area contributed by atoms with Crippen molar-refractivity contribution in [2.24, 2.45) is 5.73 Å². The molecule has 0 aliphatic carbocycles.